The summed E-state index contributed by atoms with van der Waals surface area (Å²) in [5, 5.41) is 6.90. The van der Waals surface area contributed by atoms with Gasteiger partial charge in [-0.3, -0.25) is 9.35 Å². The topological polar surface area (TPSA) is 201 Å². The number of rotatable bonds is 10. The lowest BCUT2D eigenvalue weighted by atomic mass is 10.2. The van der Waals surface area contributed by atoms with Crippen LogP contribution in [0.5, 0.6) is 11.5 Å². The summed E-state index contributed by atoms with van der Waals surface area (Å²) in [6, 6.07) is 20.1. The van der Waals surface area contributed by atoms with Crippen molar-refractivity contribution in [2.45, 2.75) is 37.0 Å². The van der Waals surface area contributed by atoms with E-state index in [-0.39, 0.29) is 16.9 Å². The van der Waals surface area contributed by atoms with E-state index in [1.165, 1.54) is 32.3 Å². The molecule has 0 saturated heterocycles. The number of hydrogen-bond donors (Lipinski definition) is 3. The molecule has 5 aromatic rings. The number of benzene rings is 3. The monoisotopic (exact) mass is 751 g/mol. The van der Waals surface area contributed by atoms with Gasteiger partial charge < -0.3 is 25.4 Å². The Labute approximate surface area is 294 Å². The van der Waals surface area contributed by atoms with Crippen LogP contribution in [0.1, 0.15) is 19.4 Å². The van der Waals surface area contributed by atoms with E-state index in [9.17, 15) is 21.6 Å². The average Bonchev–Trinajstić information content (AvgIpc) is 3.42. The molecule has 2 aromatic heterocycles. The third kappa shape index (κ3) is 10.1. The zero-order valence-corrected chi connectivity index (χ0v) is 30.0. The summed E-state index contributed by atoms with van der Waals surface area (Å²) < 4.78 is 59.6. The Hall–Kier alpha value is -4.25. The van der Waals surface area contributed by atoms with Crippen LogP contribution in [0.2, 0.25) is 10.0 Å². The molecule has 0 saturated carbocycles. The van der Waals surface area contributed by atoms with Gasteiger partial charge in [-0.2, -0.15) is 8.42 Å². The predicted octanol–water partition coefficient (Wildman–Crippen LogP) is 5.63. The van der Waals surface area contributed by atoms with E-state index in [1.54, 1.807) is 54.6 Å². The van der Waals surface area contributed by atoms with Gasteiger partial charge in [-0.1, -0.05) is 47.0 Å². The first-order chi connectivity index (χ1) is 22.5. The molecule has 5 rings (SSSR count). The molecule has 0 aliphatic heterocycles. The van der Waals surface area contributed by atoms with Crippen molar-refractivity contribution in [3.63, 3.8) is 0 Å². The Balaban J connectivity index is 0.000000462. The van der Waals surface area contributed by atoms with E-state index >= 15 is 0 Å². The second-order valence-corrected chi connectivity index (χ2v) is 16.0. The molecule has 0 fully saturated rings. The lowest BCUT2D eigenvalue weighted by Gasteiger charge is -2.21. The highest BCUT2D eigenvalue weighted by Crippen LogP contribution is 2.34. The number of sulfone groups is 1. The molecule has 13 nitrogen and oxygen atoms in total. The standard InChI is InChI=1S/C25H25Cl2N5O4S.C7H8O3S.H2O/c1-25(2,37(3,34)35)24(33)28-10-12-32-11-9-20-22(32)23(30-15-29-20)31-17-7-8-21(19(27)14-17)36-18-6-4-5-16(26)13-18;1-6-2-4-7(5-3-6)11(8,9)10;/h4-9,11,13-15H,10,12H2,1-3H3,(H,28,33)(H,29,30,31);2-5H,1H3,(H,8,9,10);1H2. The van der Waals surface area contributed by atoms with Gasteiger partial charge in [0, 0.05) is 36.3 Å². The molecule has 0 bridgehead atoms. The van der Waals surface area contributed by atoms with Crippen LogP contribution >= 0.6 is 23.2 Å². The number of carbonyl (C=O) groups excluding carboxylic acids is 1. The molecule has 1 amide bonds. The van der Waals surface area contributed by atoms with Crippen molar-refractivity contribution in [2.24, 2.45) is 0 Å². The second kappa shape index (κ2) is 16.0. The summed E-state index contributed by atoms with van der Waals surface area (Å²) in [6.07, 6.45) is 4.32. The van der Waals surface area contributed by atoms with Crippen LogP contribution in [0.4, 0.5) is 11.5 Å². The number of fused-ring (bicyclic) bond motifs is 1. The van der Waals surface area contributed by atoms with Crippen LogP contribution in [-0.4, -0.2) is 64.9 Å². The van der Waals surface area contributed by atoms with Gasteiger partial charge in [0.05, 0.1) is 15.4 Å². The molecule has 2 heterocycles. The minimum Gasteiger partial charge on any atom is -0.456 e. The van der Waals surface area contributed by atoms with E-state index in [4.69, 9.17) is 32.5 Å². The molecule has 49 heavy (non-hydrogen) atoms. The lowest BCUT2D eigenvalue weighted by Crippen LogP contribution is -2.48. The Morgan fingerprint density at radius 2 is 1.67 bits per heavy atom. The lowest BCUT2D eigenvalue weighted by molar-refractivity contribution is -0.122. The fourth-order valence-electron chi connectivity index (χ4n) is 4.15. The van der Waals surface area contributed by atoms with Gasteiger partial charge in [-0.25, -0.2) is 18.4 Å². The van der Waals surface area contributed by atoms with Crippen molar-refractivity contribution in [1.29, 1.82) is 0 Å². The van der Waals surface area contributed by atoms with Gasteiger partial charge in [0.15, 0.2) is 15.7 Å². The molecule has 5 N–H and O–H groups in total. The Bertz CT molecular complexity index is 2160. The molecule has 0 aliphatic carbocycles. The Morgan fingerprint density at radius 3 is 2.29 bits per heavy atom. The number of nitrogens with one attached hydrogen (secondary N) is 2. The minimum absolute atomic E-state index is 0. The number of aryl methyl sites for hydroxylation is 1. The van der Waals surface area contributed by atoms with E-state index in [0.717, 1.165) is 17.3 Å². The van der Waals surface area contributed by atoms with E-state index in [1.807, 2.05) is 23.8 Å². The van der Waals surface area contributed by atoms with Gasteiger partial charge >= 0.3 is 0 Å². The van der Waals surface area contributed by atoms with Crippen LogP contribution in [0, 0.1) is 6.92 Å². The molecule has 17 heteroatoms. The molecule has 0 radical (unpaired) electrons. The van der Waals surface area contributed by atoms with Gasteiger partial charge in [-0.05, 0) is 75.4 Å². The third-order valence-corrected chi connectivity index (χ3v) is 10.6. The molecule has 0 unspecified atom stereocenters. The van der Waals surface area contributed by atoms with Crippen molar-refractivity contribution in [1.82, 2.24) is 19.9 Å². The van der Waals surface area contributed by atoms with Crippen molar-refractivity contribution >= 4 is 71.6 Å². The van der Waals surface area contributed by atoms with E-state index < -0.39 is 30.6 Å². The zero-order chi connectivity index (χ0) is 35.3. The van der Waals surface area contributed by atoms with E-state index in [2.05, 4.69) is 20.6 Å². The SMILES string of the molecule is CC(C)(C(=O)NCCn1ccc2ncnc(Nc3ccc(Oc4cccc(Cl)c4)c(Cl)c3)c21)S(C)(=O)=O.Cc1ccc(S(=O)(=O)O)cc1.O. The normalized spacial score (nSPS) is 11.6. The molecule has 3 aromatic carbocycles. The summed E-state index contributed by atoms with van der Waals surface area (Å²) in [4.78, 5) is 21.1. The molecule has 262 valence electrons. The smallest absolute Gasteiger partial charge is 0.294 e. The third-order valence-electron chi connectivity index (χ3n) is 7.20. The number of hydrogen-bond acceptors (Lipinski definition) is 9. The fraction of sp³-hybridized carbons (Fsp3) is 0.219. The number of halogens is 2. The quantitative estimate of drug-likeness (QED) is 0.150. The zero-order valence-electron chi connectivity index (χ0n) is 26.8. The van der Waals surface area contributed by atoms with Gasteiger partial charge in [0.2, 0.25) is 5.91 Å². The predicted molar refractivity (Wildman–Crippen MR) is 190 cm³/mol. The number of ether oxygens (including phenoxy) is 1. The largest absolute Gasteiger partial charge is 0.456 e. The van der Waals surface area contributed by atoms with Crippen molar-refractivity contribution in [2.75, 3.05) is 18.1 Å². The van der Waals surface area contributed by atoms with Crippen LogP contribution in [0.15, 0.2) is 90.2 Å². The average molecular weight is 753 g/mol. The first kappa shape index (κ1) is 39.2. The van der Waals surface area contributed by atoms with Crippen molar-refractivity contribution in [3.8, 4) is 11.5 Å². The maximum atomic E-state index is 12.4. The van der Waals surface area contributed by atoms with Gasteiger partial charge in [-0.15, -0.1) is 0 Å². The molecular formula is C32H35Cl2N5O8S2. The summed E-state index contributed by atoms with van der Waals surface area (Å²) >= 11 is 12.5. The highest BCUT2D eigenvalue weighted by molar-refractivity contribution is 7.92. The molecular weight excluding hydrogens is 717 g/mol. The van der Waals surface area contributed by atoms with Crippen LogP contribution in [0.25, 0.3) is 11.0 Å². The van der Waals surface area contributed by atoms with Gasteiger partial charge in [0.1, 0.15) is 28.1 Å². The second-order valence-electron chi connectivity index (χ2n) is 11.1. The Morgan fingerprint density at radius 1 is 0.980 bits per heavy atom. The Kier molecular flexibility index (Phi) is 12.8. The summed E-state index contributed by atoms with van der Waals surface area (Å²) in [5.74, 6) is 1.02. The molecule has 0 atom stereocenters. The highest BCUT2D eigenvalue weighted by Gasteiger charge is 2.38. The van der Waals surface area contributed by atoms with Gasteiger partial charge in [0.25, 0.3) is 10.1 Å². The maximum absolute atomic E-state index is 12.4. The number of nitrogens with zero attached hydrogens (tertiary/aromatic N) is 3. The molecule has 0 aliphatic rings. The molecule has 0 spiro atoms. The summed E-state index contributed by atoms with van der Waals surface area (Å²) in [5.41, 5.74) is 3.05. The summed E-state index contributed by atoms with van der Waals surface area (Å²) in [6.45, 7) is 5.21. The number of amides is 1. The number of carbonyl (C=O) groups is 1. The van der Waals surface area contributed by atoms with Crippen LogP contribution in [-0.2, 0) is 31.3 Å². The fourth-order valence-corrected chi connectivity index (χ4v) is 5.44. The highest BCUT2D eigenvalue weighted by atomic mass is 35.5. The maximum Gasteiger partial charge on any atom is 0.294 e. The van der Waals surface area contributed by atoms with Crippen molar-refractivity contribution in [3.05, 3.63) is 101 Å². The number of anilines is 2. The van der Waals surface area contributed by atoms with Crippen LogP contribution in [0.3, 0.4) is 0 Å². The minimum atomic E-state index is -4.02. The number of aromatic nitrogens is 3. The van der Waals surface area contributed by atoms with Crippen LogP contribution < -0.4 is 15.4 Å². The van der Waals surface area contributed by atoms with Crippen molar-refractivity contribution < 1.29 is 36.4 Å². The summed E-state index contributed by atoms with van der Waals surface area (Å²) in [7, 11) is -7.58. The van der Waals surface area contributed by atoms with E-state index in [0.29, 0.717) is 45.1 Å². The first-order valence-electron chi connectivity index (χ1n) is 14.3. The first-order valence-corrected chi connectivity index (χ1v) is 18.4.